The van der Waals surface area contributed by atoms with Crippen LogP contribution < -0.4 is 5.43 Å². The van der Waals surface area contributed by atoms with Crippen LogP contribution in [0.5, 0.6) is 0 Å². The van der Waals surface area contributed by atoms with Crippen LogP contribution in [0.4, 0.5) is 0 Å². The van der Waals surface area contributed by atoms with Crippen molar-refractivity contribution < 1.29 is 9.21 Å². The van der Waals surface area contributed by atoms with E-state index in [9.17, 15) is 9.59 Å². The largest absolute Gasteiger partial charge is 0.455 e. The van der Waals surface area contributed by atoms with Gasteiger partial charge in [0.1, 0.15) is 5.76 Å². The molecular weight excluding hydrogens is 434 g/mol. The van der Waals surface area contributed by atoms with Gasteiger partial charge in [0.05, 0.1) is 21.7 Å². The zero-order valence-corrected chi connectivity index (χ0v) is 19.5. The van der Waals surface area contributed by atoms with E-state index in [0.717, 1.165) is 35.9 Å². The standard InChI is InChI=1S/C26H25N3O3S/c1-17-23(30)21-9-6-10-22(25(21)32-24(17)19-7-4-3-5-8-19)26(31)29-13-11-28(12-14-29)15-20-16-33-18(2)27-20/h3-10,16H,11-15H2,1-2H3. The fourth-order valence-electron chi connectivity index (χ4n) is 4.33. The lowest BCUT2D eigenvalue weighted by Crippen LogP contribution is -2.48. The molecule has 0 N–H and O–H groups in total. The molecule has 0 saturated carbocycles. The number of thiazole rings is 1. The fraction of sp³-hybridized carbons (Fsp3) is 0.269. The van der Waals surface area contributed by atoms with Gasteiger partial charge in [-0.25, -0.2) is 4.98 Å². The Morgan fingerprint density at radius 2 is 1.79 bits per heavy atom. The van der Waals surface area contributed by atoms with Crippen LogP contribution in [0.3, 0.4) is 0 Å². The molecule has 2 aromatic heterocycles. The molecule has 1 amide bonds. The molecule has 0 bridgehead atoms. The first-order chi connectivity index (χ1) is 16.0. The van der Waals surface area contributed by atoms with E-state index in [2.05, 4.69) is 15.3 Å². The van der Waals surface area contributed by atoms with Gasteiger partial charge in [-0.3, -0.25) is 14.5 Å². The first kappa shape index (κ1) is 21.6. The van der Waals surface area contributed by atoms with E-state index in [4.69, 9.17) is 4.42 Å². The Hall–Kier alpha value is -3.29. The van der Waals surface area contributed by atoms with Gasteiger partial charge >= 0.3 is 0 Å². The summed E-state index contributed by atoms with van der Waals surface area (Å²) >= 11 is 1.66. The van der Waals surface area contributed by atoms with E-state index in [0.29, 0.717) is 40.9 Å². The number of para-hydroxylation sites is 1. The lowest BCUT2D eigenvalue weighted by molar-refractivity contribution is 0.0628. The van der Waals surface area contributed by atoms with Crippen molar-refractivity contribution in [1.29, 1.82) is 0 Å². The average molecular weight is 460 g/mol. The van der Waals surface area contributed by atoms with E-state index in [-0.39, 0.29) is 11.3 Å². The van der Waals surface area contributed by atoms with Crippen LogP contribution in [0, 0.1) is 13.8 Å². The second-order valence-corrected chi connectivity index (χ2v) is 9.42. The molecule has 0 radical (unpaired) electrons. The Morgan fingerprint density at radius 1 is 1.03 bits per heavy atom. The minimum atomic E-state index is -0.104. The molecule has 6 nitrogen and oxygen atoms in total. The molecule has 0 spiro atoms. The van der Waals surface area contributed by atoms with Crippen molar-refractivity contribution in [3.05, 3.63) is 86.0 Å². The van der Waals surface area contributed by atoms with E-state index >= 15 is 0 Å². The molecule has 3 heterocycles. The molecule has 0 atom stereocenters. The SMILES string of the molecule is Cc1nc(CN2CCN(C(=O)c3cccc4c(=O)c(C)c(-c5ccccc5)oc34)CC2)cs1. The Bertz CT molecular complexity index is 1370. The smallest absolute Gasteiger partial charge is 0.257 e. The summed E-state index contributed by atoms with van der Waals surface area (Å²) in [6.07, 6.45) is 0. The zero-order valence-electron chi connectivity index (χ0n) is 18.7. The predicted octanol–water partition coefficient (Wildman–Crippen LogP) is 4.49. The molecule has 33 heavy (non-hydrogen) atoms. The number of nitrogens with zero attached hydrogens (tertiary/aromatic N) is 3. The monoisotopic (exact) mass is 459 g/mol. The van der Waals surface area contributed by atoms with Gasteiger partial charge < -0.3 is 9.32 Å². The third-order valence-corrected chi connectivity index (χ3v) is 6.95. The first-order valence-corrected chi connectivity index (χ1v) is 11.9. The number of carbonyl (C=O) groups is 1. The summed E-state index contributed by atoms with van der Waals surface area (Å²) in [6.45, 7) is 7.40. The van der Waals surface area contributed by atoms with E-state index in [1.807, 2.05) is 42.2 Å². The Balaban J connectivity index is 1.42. The molecule has 0 aliphatic carbocycles. The molecule has 2 aromatic carbocycles. The Morgan fingerprint density at radius 3 is 2.48 bits per heavy atom. The van der Waals surface area contributed by atoms with Crippen molar-refractivity contribution in [3.8, 4) is 11.3 Å². The maximum Gasteiger partial charge on any atom is 0.257 e. The van der Waals surface area contributed by atoms with Gasteiger partial charge in [-0.05, 0) is 26.0 Å². The molecular formula is C26H25N3O3S. The third-order valence-electron chi connectivity index (χ3n) is 6.12. The number of hydrogen-bond donors (Lipinski definition) is 0. The average Bonchev–Trinajstić information content (AvgIpc) is 3.26. The topological polar surface area (TPSA) is 66.7 Å². The second-order valence-electron chi connectivity index (χ2n) is 8.36. The fourth-order valence-corrected chi connectivity index (χ4v) is 4.94. The summed E-state index contributed by atoms with van der Waals surface area (Å²) < 4.78 is 6.24. The molecule has 1 fully saturated rings. The molecule has 1 saturated heterocycles. The lowest BCUT2D eigenvalue weighted by Gasteiger charge is -2.34. The minimum absolute atomic E-state index is 0.101. The maximum atomic E-state index is 13.5. The first-order valence-electron chi connectivity index (χ1n) is 11.1. The lowest BCUT2D eigenvalue weighted by atomic mass is 10.0. The van der Waals surface area contributed by atoms with Crippen molar-refractivity contribution in [2.45, 2.75) is 20.4 Å². The quantitative estimate of drug-likeness (QED) is 0.450. The number of carbonyl (C=O) groups excluding carboxylic acids is 1. The van der Waals surface area contributed by atoms with Gasteiger partial charge in [0, 0.05) is 49.2 Å². The number of rotatable bonds is 4. The minimum Gasteiger partial charge on any atom is -0.455 e. The number of aromatic nitrogens is 1. The van der Waals surface area contributed by atoms with E-state index in [1.165, 1.54) is 0 Å². The summed E-state index contributed by atoms with van der Waals surface area (Å²) in [5.74, 6) is 0.410. The Kier molecular flexibility index (Phi) is 5.83. The number of aryl methyl sites for hydroxylation is 1. The van der Waals surface area contributed by atoms with Crippen LogP contribution in [0.1, 0.15) is 26.6 Å². The number of benzene rings is 2. The summed E-state index contributed by atoms with van der Waals surface area (Å²) in [4.78, 5) is 35.3. The van der Waals surface area contributed by atoms with Crippen LogP contribution in [0.15, 0.2) is 63.1 Å². The zero-order chi connectivity index (χ0) is 22.9. The van der Waals surface area contributed by atoms with Gasteiger partial charge in [-0.1, -0.05) is 36.4 Å². The van der Waals surface area contributed by atoms with Crippen molar-refractivity contribution in [2.24, 2.45) is 0 Å². The highest BCUT2D eigenvalue weighted by Crippen LogP contribution is 2.28. The molecule has 4 aromatic rings. The maximum absolute atomic E-state index is 13.5. The van der Waals surface area contributed by atoms with Gasteiger partial charge in [0.2, 0.25) is 0 Å². The highest BCUT2D eigenvalue weighted by molar-refractivity contribution is 7.09. The van der Waals surface area contributed by atoms with Gasteiger partial charge in [-0.2, -0.15) is 0 Å². The van der Waals surface area contributed by atoms with Gasteiger partial charge in [-0.15, -0.1) is 11.3 Å². The predicted molar refractivity (Wildman–Crippen MR) is 131 cm³/mol. The molecule has 168 valence electrons. The number of piperazine rings is 1. The van der Waals surface area contributed by atoms with E-state index in [1.54, 1.807) is 36.5 Å². The van der Waals surface area contributed by atoms with Crippen LogP contribution in [-0.2, 0) is 6.54 Å². The summed E-state index contributed by atoms with van der Waals surface area (Å²) in [7, 11) is 0. The van der Waals surface area contributed by atoms with Crippen molar-refractivity contribution in [1.82, 2.24) is 14.8 Å². The number of amides is 1. The number of fused-ring (bicyclic) bond motifs is 1. The summed E-state index contributed by atoms with van der Waals surface area (Å²) in [6, 6.07) is 14.8. The van der Waals surface area contributed by atoms with Crippen molar-refractivity contribution >= 4 is 28.2 Å². The summed E-state index contributed by atoms with van der Waals surface area (Å²) in [5.41, 5.74) is 3.14. The second kappa shape index (κ2) is 8.92. The highest BCUT2D eigenvalue weighted by atomic mass is 32.1. The Labute approximate surface area is 196 Å². The summed E-state index contributed by atoms with van der Waals surface area (Å²) in [5, 5.41) is 3.61. The van der Waals surface area contributed by atoms with Crippen LogP contribution in [0.2, 0.25) is 0 Å². The molecule has 7 heteroatoms. The molecule has 0 unspecified atom stereocenters. The van der Waals surface area contributed by atoms with Crippen molar-refractivity contribution in [3.63, 3.8) is 0 Å². The third kappa shape index (κ3) is 4.21. The molecule has 1 aliphatic rings. The van der Waals surface area contributed by atoms with Crippen LogP contribution in [-0.4, -0.2) is 46.9 Å². The van der Waals surface area contributed by atoms with Crippen LogP contribution >= 0.6 is 11.3 Å². The normalized spacial score (nSPS) is 14.7. The van der Waals surface area contributed by atoms with Crippen molar-refractivity contribution in [2.75, 3.05) is 26.2 Å². The molecule has 5 rings (SSSR count). The van der Waals surface area contributed by atoms with E-state index < -0.39 is 0 Å². The molecule has 1 aliphatic heterocycles. The van der Waals surface area contributed by atoms with Gasteiger partial charge in [0.15, 0.2) is 11.0 Å². The van der Waals surface area contributed by atoms with Crippen LogP contribution in [0.25, 0.3) is 22.3 Å². The van der Waals surface area contributed by atoms with Gasteiger partial charge in [0.25, 0.3) is 5.91 Å². The highest BCUT2D eigenvalue weighted by Gasteiger charge is 2.26. The number of hydrogen-bond acceptors (Lipinski definition) is 6.